The van der Waals surface area contributed by atoms with Crippen LogP contribution in [0.25, 0.3) is 0 Å². The van der Waals surface area contributed by atoms with Gasteiger partial charge in [-0.3, -0.25) is 19.1 Å². The Kier molecular flexibility index (Phi) is 9.02. The van der Waals surface area contributed by atoms with Crippen molar-refractivity contribution in [2.24, 2.45) is 5.92 Å². The van der Waals surface area contributed by atoms with Crippen LogP contribution in [0, 0.1) is 5.92 Å². The van der Waals surface area contributed by atoms with Crippen molar-refractivity contribution >= 4 is 5.91 Å². The van der Waals surface area contributed by atoms with Crippen LogP contribution in [0.2, 0.25) is 0 Å². The molecule has 0 fully saturated rings. The van der Waals surface area contributed by atoms with Gasteiger partial charge in [0.15, 0.2) is 0 Å². The van der Waals surface area contributed by atoms with E-state index >= 15 is 0 Å². The Morgan fingerprint density at radius 3 is 1.87 bits per heavy atom. The van der Waals surface area contributed by atoms with Crippen molar-refractivity contribution < 1.29 is 14.6 Å². The van der Waals surface area contributed by atoms with E-state index in [0.717, 1.165) is 16.7 Å². The number of aromatic nitrogens is 2. The van der Waals surface area contributed by atoms with E-state index in [1.807, 2.05) is 91.0 Å². The molecule has 1 amide bonds. The van der Waals surface area contributed by atoms with E-state index in [9.17, 15) is 19.5 Å². The summed E-state index contributed by atoms with van der Waals surface area (Å²) in [5, 5.41) is 11.9. The topological polar surface area (TPSA) is 113 Å². The highest BCUT2D eigenvalue weighted by molar-refractivity contribution is 5.78. The smallest absolute Gasteiger partial charge is 0.328 e. The van der Waals surface area contributed by atoms with Gasteiger partial charge >= 0.3 is 5.69 Å². The van der Waals surface area contributed by atoms with Gasteiger partial charge in [-0.1, -0.05) is 91.0 Å². The summed E-state index contributed by atoms with van der Waals surface area (Å²) in [6.45, 7) is 0.130. The van der Waals surface area contributed by atoms with E-state index < -0.39 is 22.8 Å². The average Bonchev–Trinajstić information content (AvgIpc) is 2.96. The Bertz CT molecular complexity index is 1320. The number of hydrogen-bond acceptors (Lipinski definition) is 5. The summed E-state index contributed by atoms with van der Waals surface area (Å²) in [6, 6.07) is 31.0. The quantitative estimate of drug-likeness (QED) is 0.252. The van der Waals surface area contributed by atoms with Crippen LogP contribution in [0.3, 0.4) is 0 Å². The molecule has 38 heavy (non-hydrogen) atoms. The van der Waals surface area contributed by atoms with E-state index in [1.165, 1.54) is 16.8 Å². The van der Waals surface area contributed by atoms with Gasteiger partial charge < -0.3 is 15.2 Å². The molecule has 0 saturated carbocycles. The number of rotatable bonds is 12. The first-order chi connectivity index (χ1) is 18.5. The predicted molar refractivity (Wildman–Crippen MR) is 145 cm³/mol. The molecule has 0 aliphatic rings. The lowest BCUT2D eigenvalue weighted by atomic mass is 9.80. The normalized spacial score (nSPS) is 12.1. The van der Waals surface area contributed by atoms with Crippen molar-refractivity contribution in [1.82, 2.24) is 14.9 Å². The Morgan fingerprint density at radius 2 is 1.39 bits per heavy atom. The van der Waals surface area contributed by atoms with Crippen LogP contribution < -0.4 is 16.6 Å². The highest BCUT2D eigenvalue weighted by Gasteiger charge is 2.37. The van der Waals surface area contributed by atoms with Crippen molar-refractivity contribution in [2.45, 2.75) is 18.6 Å². The minimum atomic E-state index is -0.940. The van der Waals surface area contributed by atoms with Crippen LogP contribution in [0.5, 0.6) is 0 Å². The highest BCUT2D eigenvalue weighted by atomic mass is 16.5. The second-order valence-electron chi connectivity index (χ2n) is 8.89. The molecular weight excluding hydrogens is 482 g/mol. The second kappa shape index (κ2) is 12.8. The first-order valence-electron chi connectivity index (χ1n) is 12.5. The van der Waals surface area contributed by atoms with Gasteiger partial charge in [-0.25, -0.2) is 4.79 Å². The molecule has 0 aliphatic carbocycles. The number of ether oxygens (including phenoxy) is 1. The van der Waals surface area contributed by atoms with Crippen molar-refractivity contribution in [3.8, 4) is 0 Å². The number of aromatic amines is 1. The summed E-state index contributed by atoms with van der Waals surface area (Å²) in [6.07, 6.45) is 1.66. The molecule has 0 saturated heterocycles. The molecule has 0 radical (unpaired) electrons. The molecule has 1 heterocycles. The standard InChI is InChI=1S/C30H31N3O5/c34-20-18-31-28(36)23(22-33-19-16-27(35)32-29(33)37)17-21-38-30(24-10-4-1-5-11-24,25-12-6-2-7-13-25)26-14-8-3-9-15-26/h1-16,19,23,34H,17-18,20-22H2,(H,31,36)(H,32,35,37)/t23-/m1/s1. The van der Waals surface area contributed by atoms with Gasteiger partial charge in [-0.05, 0) is 23.1 Å². The van der Waals surface area contributed by atoms with Crippen LogP contribution in [0.1, 0.15) is 23.1 Å². The average molecular weight is 514 g/mol. The Labute approximate surface area is 220 Å². The third kappa shape index (κ3) is 6.16. The molecule has 196 valence electrons. The monoisotopic (exact) mass is 513 g/mol. The fraction of sp³-hybridized carbons (Fsp3) is 0.233. The van der Waals surface area contributed by atoms with Crippen LogP contribution >= 0.6 is 0 Å². The number of aliphatic hydroxyl groups is 1. The zero-order valence-electron chi connectivity index (χ0n) is 21.0. The maximum absolute atomic E-state index is 13.0. The van der Waals surface area contributed by atoms with Gasteiger partial charge in [-0.15, -0.1) is 0 Å². The van der Waals surface area contributed by atoms with Crippen LogP contribution in [-0.2, 0) is 21.7 Å². The predicted octanol–water partition coefficient (Wildman–Crippen LogP) is 2.66. The fourth-order valence-electron chi connectivity index (χ4n) is 4.58. The minimum Gasteiger partial charge on any atom is -0.395 e. The summed E-state index contributed by atoms with van der Waals surface area (Å²) in [5.74, 6) is -0.962. The zero-order valence-corrected chi connectivity index (χ0v) is 21.0. The minimum absolute atomic E-state index is 0.0469. The molecule has 0 unspecified atom stereocenters. The molecule has 0 aliphatic heterocycles. The lowest BCUT2D eigenvalue weighted by Gasteiger charge is -2.36. The molecule has 4 rings (SSSR count). The van der Waals surface area contributed by atoms with Crippen molar-refractivity contribution in [3.63, 3.8) is 0 Å². The van der Waals surface area contributed by atoms with Gasteiger partial charge in [0.1, 0.15) is 5.60 Å². The van der Waals surface area contributed by atoms with E-state index in [4.69, 9.17) is 4.74 Å². The molecule has 1 aromatic heterocycles. The van der Waals surface area contributed by atoms with Crippen LogP contribution in [-0.4, -0.2) is 40.3 Å². The lowest BCUT2D eigenvalue weighted by Crippen LogP contribution is -2.39. The summed E-state index contributed by atoms with van der Waals surface area (Å²) in [4.78, 5) is 39.0. The highest BCUT2D eigenvalue weighted by Crippen LogP contribution is 2.40. The maximum atomic E-state index is 13.0. The maximum Gasteiger partial charge on any atom is 0.328 e. The largest absolute Gasteiger partial charge is 0.395 e. The summed E-state index contributed by atoms with van der Waals surface area (Å²) < 4.78 is 8.08. The molecule has 8 heteroatoms. The molecule has 3 N–H and O–H groups in total. The Hall–Kier alpha value is -4.27. The summed E-state index contributed by atoms with van der Waals surface area (Å²) >= 11 is 0. The van der Waals surface area contributed by atoms with Crippen molar-refractivity contribution in [1.29, 1.82) is 0 Å². The molecule has 0 bridgehead atoms. The lowest BCUT2D eigenvalue weighted by molar-refractivity contribution is -0.126. The number of nitrogens with zero attached hydrogens (tertiary/aromatic N) is 1. The molecular formula is C30H31N3O5. The Morgan fingerprint density at radius 1 is 0.868 bits per heavy atom. The molecule has 1 atom stereocenters. The van der Waals surface area contributed by atoms with Gasteiger partial charge in [0.25, 0.3) is 5.56 Å². The van der Waals surface area contributed by atoms with E-state index in [2.05, 4.69) is 10.3 Å². The first kappa shape index (κ1) is 26.8. The first-order valence-corrected chi connectivity index (χ1v) is 12.5. The number of nitrogens with one attached hydrogen (secondary N) is 2. The van der Waals surface area contributed by atoms with E-state index in [1.54, 1.807) is 0 Å². The van der Waals surface area contributed by atoms with Crippen LogP contribution in [0.15, 0.2) is 113 Å². The zero-order chi connectivity index (χ0) is 26.8. The molecule has 4 aromatic rings. The van der Waals surface area contributed by atoms with E-state index in [-0.39, 0.29) is 38.6 Å². The number of benzene rings is 3. The number of carbonyl (C=O) groups excluding carboxylic acids is 1. The van der Waals surface area contributed by atoms with Gasteiger partial charge in [0.2, 0.25) is 5.91 Å². The van der Waals surface area contributed by atoms with Crippen LogP contribution in [0.4, 0.5) is 0 Å². The fourth-order valence-corrected chi connectivity index (χ4v) is 4.58. The second-order valence-corrected chi connectivity index (χ2v) is 8.89. The van der Waals surface area contributed by atoms with Gasteiger partial charge in [0.05, 0.1) is 12.5 Å². The number of hydrogen-bond donors (Lipinski definition) is 3. The Balaban J connectivity index is 1.68. The molecule has 3 aromatic carbocycles. The number of carbonyl (C=O) groups is 1. The van der Waals surface area contributed by atoms with Gasteiger partial charge in [0, 0.05) is 32.0 Å². The van der Waals surface area contributed by atoms with Gasteiger partial charge in [-0.2, -0.15) is 0 Å². The number of amides is 1. The number of aliphatic hydroxyl groups excluding tert-OH is 1. The third-order valence-electron chi connectivity index (χ3n) is 6.42. The summed E-state index contributed by atoms with van der Waals surface area (Å²) in [5.41, 5.74) is 0.784. The SMILES string of the molecule is O=C(NCCO)[C@H](CCOC(c1ccccc1)(c1ccccc1)c1ccccc1)Cn1ccc(=O)[nH]c1=O. The van der Waals surface area contributed by atoms with E-state index in [0.29, 0.717) is 0 Å². The van der Waals surface area contributed by atoms with Crippen molar-refractivity contribution in [2.75, 3.05) is 19.8 Å². The molecule has 0 spiro atoms. The summed E-state index contributed by atoms with van der Waals surface area (Å²) in [7, 11) is 0. The number of H-pyrrole nitrogens is 1. The third-order valence-corrected chi connectivity index (χ3v) is 6.42. The molecule has 8 nitrogen and oxygen atoms in total. The van der Waals surface area contributed by atoms with Crippen molar-refractivity contribution in [3.05, 3.63) is 141 Å².